The van der Waals surface area contributed by atoms with Crippen LogP contribution in [-0.2, 0) is 11.3 Å². The van der Waals surface area contributed by atoms with Crippen molar-refractivity contribution in [1.29, 1.82) is 0 Å². The Kier molecular flexibility index (Phi) is 7.36. The second kappa shape index (κ2) is 10.2. The van der Waals surface area contributed by atoms with Gasteiger partial charge in [-0.1, -0.05) is 18.6 Å². The molecule has 2 aromatic carbocycles. The van der Waals surface area contributed by atoms with Gasteiger partial charge in [0.25, 0.3) is 0 Å². The van der Waals surface area contributed by atoms with Gasteiger partial charge in [0.15, 0.2) is 0 Å². The summed E-state index contributed by atoms with van der Waals surface area (Å²) in [4.78, 5) is 13.8. The van der Waals surface area contributed by atoms with Crippen LogP contribution in [0.25, 0.3) is 5.57 Å². The summed E-state index contributed by atoms with van der Waals surface area (Å²) in [6.07, 6.45) is 5.67. The summed E-state index contributed by atoms with van der Waals surface area (Å²) >= 11 is 0. The Morgan fingerprint density at radius 3 is 2.40 bits per heavy atom. The lowest BCUT2D eigenvalue weighted by atomic mass is 9.93. The second-order valence-electron chi connectivity index (χ2n) is 7.27. The molecule has 30 heavy (non-hydrogen) atoms. The predicted octanol–water partition coefficient (Wildman–Crippen LogP) is 4.03. The predicted molar refractivity (Wildman–Crippen MR) is 116 cm³/mol. The highest BCUT2D eigenvalue weighted by atomic mass is 16.5. The largest absolute Gasteiger partial charge is 0.507 e. The molecule has 2 aromatic rings. The van der Waals surface area contributed by atoms with Gasteiger partial charge in [-0.15, -0.1) is 0 Å². The summed E-state index contributed by atoms with van der Waals surface area (Å²) in [7, 11) is 4.70. The van der Waals surface area contributed by atoms with E-state index in [0.717, 1.165) is 31.5 Å². The maximum Gasteiger partial charge on any atom is 0.143 e. The number of ether oxygens (including phenoxy) is 3. The summed E-state index contributed by atoms with van der Waals surface area (Å²) in [5, 5.41) is 11.4. The van der Waals surface area contributed by atoms with Crippen LogP contribution in [0.4, 0.5) is 0 Å². The highest BCUT2D eigenvalue weighted by molar-refractivity contribution is 5.94. The number of phenols is 1. The zero-order valence-corrected chi connectivity index (χ0v) is 17.8. The molecule has 1 saturated heterocycles. The number of phenolic OH excluding ortho intramolecular Hbond substituents is 1. The zero-order valence-electron chi connectivity index (χ0n) is 17.8. The van der Waals surface area contributed by atoms with Gasteiger partial charge in [-0.2, -0.15) is 0 Å². The third kappa shape index (κ3) is 4.60. The monoisotopic (exact) mass is 411 g/mol. The van der Waals surface area contributed by atoms with E-state index in [-0.39, 0.29) is 5.75 Å². The number of benzene rings is 2. The number of methoxy groups -OCH3 is 3. The van der Waals surface area contributed by atoms with Gasteiger partial charge >= 0.3 is 0 Å². The Morgan fingerprint density at radius 2 is 1.77 bits per heavy atom. The van der Waals surface area contributed by atoms with Gasteiger partial charge in [-0.05, 0) is 55.3 Å². The van der Waals surface area contributed by atoms with E-state index in [2.05, 4.69) is 4.90 Å². The normalized spacial score (nSPS) is 15.0. The number of hydrogen-bond acceptors (Lipinski definition) is 6. The average Bonchev–Trinajstić information content (AvgIpc) is 2.79. The molecule has 3 rings (SSSR count). The lowest BCUT2D eigenvalue weighted by Crippen LogP contribution is -2.29. The molecule has 160 valence electrons. The molecule has 0 saturated carbocycles. The molecule has 0 bridgehead atoms. The standard InChI is InChI=1S/C24H29NO5/c1-28-18-9-7-8-17(14-18)19(10-13-26)23-22(30-3)15-21(29-2)20(24(23)27)16-25-11-5-4-6-12-25/h7-10,13-15,27H,4-6,11-12,16H2,1-3H3. The maximum absolute atomic E-state index is 11.5. The van der Waals surface area contributed by atoms with Crippen LogP contribution in [0.5, 0.6) is 23.0 Å². The molecule has 1 aliphatic rings. The van der Waals surface area contributed by atoms with E-state index >= 15 is 0 Å². The Bertz CT molecular complexity index is 916. The summed E-state index contributed by atoms with van der Waals surface area (Å²) in [5.74, 6) is 1.72. The number of hydrogen-bond donors (Lipinski definition) is 1. The van der Waals surface area contributed by atoms with Gasteiger partial charge in [0.2, 0.25) is 0 Å². The third-order valence-corrected chi connectivity index (χ3v) is 5.48. The highest BCUT2D eigenvalue weighted by Crippen LogP contribution is 2.45. The topological polar surface area (TPSA) is 68.2 Å². The molecule has 6 heteroatoms. The van der Waals surface area contributed by atoms with Crippen molar-refractivity contribution in [2.24, 2.45) is 0 Å². The van der Waals surface area contributed by atoms with E-state index in [0.29, 0.717) is 46.8 Å². The second-order valence-corrected chi connectivity index (χ2v) is 7.27. The number of likely N-dealkylation sites (tertiary alicyclic amines) is 1. The van der Waals surface area contributed by atoms with Gasteiger partial charge < -0.3 is 19.3 Å². The van der Waals surface area contributed by atoms with Crippen molar-refractivity contribution in [3.8, 4) is 23.0 Å². The first-order valence-electron chi connectivity index (χ1n) is 10.1. The van der Waals surface area contributed by atoms with E-state index in [4.69, 9.17) is 14.2 Å². The van der Waals surface area contributed by atoms with E-state index in [1.165, 1.54) is 19.6 Å². The van der Waals surface area contributed by atoms with Crippen LogP contribution in [0, 0.1) is 0 Å². The Morgan fingerprint density at radius 1 is 1.03 bits per heavy atom. The van der Waals surface area contributed by atoms with Crippen molar-refractivity contribution in [2.45, 2.75) is 25.8 Å². The number of rotatable bonds is 8. The molecule has 1 fully saturated rings. The van der Waals surface area contributed by atoms with Crippen LogP contribution in [0.2, 0.25) is 0 Å². The van der Waals surface area contributed by atoms with Crippen molar-refractivity contribution in [3.63, 3.8) is 0 Å². The minimum atomic E-state index is 0.0627. The summed E-state index contributed by atoms with van der Waals surface area (Å²) < 4.78 is 16.5. The van der Waals surface area contributed by atoms with Crippen LogP contribution in [-0.4, -0.2) is 50.7 Å². The van der Waals surface area contributed by atoms with Gasteiger partial charge in [-0.3, -0.25) is 9.69 Å². The van der Waals surface area contributed by atoms with Gasteiger partial charge in [0.1, 0.15) is 29.3 Å². The number of piperidine rings is 1. The fraction of sp³-hybridized carbons (Fsp3) is 0.375. The third-order valence-electron chi connectivity index (χ3n) is 5.48. The Balaban J connectivity index is 2.16. The smallest absolute Gasteiger partial charge is 0.143 e. The minimum Gasteiger partial charge on any atom is -0.507 e. The first-order valence-corrected chi connectivity index (χ1v) is 10.1. The first-order chi connectivity index (χ1) is 14.6. The minimum absolute atomic E-state index is 0.0627. The molecule has 1 aliphatic heterocycles. The van der Waals surface area contributed by atoms with Gasteiger partial charge in [0.05, 0.1) is 32.5 Å². The number of aldehydes is 1. The van der Waals surface area contributed by atoms with Crippen LogP contribution >= 0.6 is 0 Å². The van der Waals surface area contributed by atoms with Gasteiger partial charge in [0, 0.05) is 12.6 Å². The Hall–Kier alpha value is -2.99. The molecule has 0 unspecified atom stereocenters. The highest BCUT2D eigenvalue weighted by Gasteiger charge is 2.25. The molecule has 0 amide bonds. The number of carbonyl (C=O) groups is 1. The summed E-state index contributed by atoms with van der Waals surface area (Å²) in [6, 6.07) is 9.13. The lowest BCUT2D eigenvalue weighted by Gasteiger charge is -2.28. The molecule has 1 heterocycles. The molecule has 0 atom stereocenters. The first kappa shape index (κ1) is 21.7. The van der Waals surface area contributed by atoms with Crippen LogP contribution < -0.4 is 14.2 Å². The maximum atomic E-state index is 11.5. The number of carbonyl (C=O) groups excluding carboxylic acids is 1. The van der Waals surface area contributed by atoms with Gasteiger partial charge in [-0.25, -0.2) is 0 Å². The van der Waals surface area contributed by atoms with Crippen LogP contribution in [0.15, 0.2) is 36.4 Å². The molecule has 0 spiro atoms. The lowest BCUT2D eigenvalue weighted by molar-refractivity contribution is -0.104. The van der Waals surface area contributed by atoms with Crippen molar-refractivity contribution in [2.75, 3.05) is 34.4 Å². The Labute approximate surface area is 177 Å². The molecule has 0 radical (unpaired) electrons. The SMILES string of the molecule is COc1cccc(C(=CC=O)c2c(OC)cc(OC)c(CN3CCCCC3)c2O)c1. The summed E-state index contributed by atoms with van der Waals surface area (Å²) in [5.41, 5.74) is 2.45. The van der Waals surface area contributed by atoms with E-state index in [9.17, 15) is 9.90 Å². The number of nitrogens with zero attached hydrogens (tertiary/aromatic N) is 1. The van der Waals surface area contributed by atoms with Crippen LogP contribution in [0.3, 0.4) is 0 Å². The molecule has 1 N–H and O–H groups in total. The van der Waals surface area contributed by atoms with Crippen LogP contribution in [0.1, 0.15) is 36.0 Å². The molecular formula is C24H29NO5. The van der Waals surface area contributed by atoms with Crippen molar-refractivity contribution < 1.29 is 24.1 Å². The fourth-order valence-electron chi connectivity index (χ4n) is 3.94. The molecule has 0 aliphatic carbocycles. The average molecular weight is 411 g/mol. The number of allylic oxidation sites excluding steroid dienone is 1. The zero-order chi connectivity index (χ0) is 21.5. The van der Waals surface area contributed by atoms with Crippen molar-refractivity contribution >= 4 is 11.9 Å². The number of aromatic hydroxyl groups is 1. The fourth-order valence-corrected chi connectivity index (χ4v) is 3.94. The van der Waals surface area contributed by atoms with E-state index < -0.39 is 0 Å². The van der Waals surface area contributed by atoms with Crippen molar-refractivity contribution in [1.82, 2.24) is 4.90 Å². The molecular weight excluding hydrogens is 382 g/mol. The van der Waals surface area contributed by atoms with E-state index in [1.54, 1.807) is 20.3 Å². The van der Waals surface area contributed by atoms with Crippen molar-refractivity contribution in [3.05, 3.63) is 53.1 Å². The quantitative estimate of drug-likeness (QED) is 0.522. The summed E-state index contributed by atoms with van der Waals surface area (Å²) in [6.45, 7) is 2.53. The van der Waals surface area contributed by atoms with E-state index in [1.807, 2.05) is 24.3 Å². The molecule has 0 aromatic heterocycles. The molecule has 6 nitrogen and oxygen atoms in total.